The van der Waals surface area contributed by atoms with Crippen molar-refractivity contribution in [1.29, 1.82) is 0 Å². The van der Waals surface area contributed by atoms with E-state index in [1.807, 2.05) is 20.8 Å². The first-order chi connectivity index (χ1) is 9.82. The Bertz CT molecular complexity index is 451. The molecule has 0 aliphatic carbocycles. The van der Waals surface area contributed by atoms with Crippen molar-refractivity contribution in [3.8, 4) is 0 Å². The van der Waals surface area contributed by atoms with E-state index in [1.165, 1.54) is 6.42 Å². The van der Waals surface area contributed by atoms with E-state index >= 15 is 0 Å². The van der Waals surface area contributed by atoms with Crippen LogP contribution < -0.4 is 10.6 Å². The fourth-order valence-electron chi connectivity index (χ4n) is 1.73. The van der Waals surface area contributed by atoms with Gasteiger partial charge in [-0.2, -0.15) is 4.98 Å². The summed E-state index contributed by atoms with van der Waals surface area (Å²) in [4.78, 5) is 8.57. The molecule has 22 heavy (non-hydrogen) atoms. The predicted octanol–water partition coefficient (Wildman–Crippen LogP) is 3.09. The van der Waals surface area contributed by atoms with Crippen LogP contribution in [0.2, 0.25) is 0 Å². The average molecular weight is 423 g/mol. The van der Waals surface area contributed by atoms with E-state index in [1.54, 1.807) is 7.05 Å². The third-order valence-corrected chi connectivity index (χ3v) is 3.00. The molecule has 0 saturated heterocycles. The van der Waals surface area contributed by atoms with Crippen molar-refractivity contribution in [2.24, 2.45) is 10.9 Å². The lowest BCUT2D eigenvalue weighted by atomic mass is 9.97. The van der Waals surface area contributed by atoms with E-state index in [4.69, 9.17) is 4.52 Å². The Balaban J connectivity index is 0.00000441. The van der Waals surface area contributed by atoms with Crippen LogP contribution in [-0.2, 0) is 12.0 Å². The van der Waals surface area contributed by atoms with E-state index in [0.717, 1.165) is 24.8 Å². The van der Waals surface area contributed by atoms with Crippen LogP contribution in [0.5, 0.6) is 0 Å². The van der Waals surface area contributed by atoms with E-state index in [-0.39, 0.29) is 29.4 Å². The summed E-state index contributed by atoms with van der Waals surface area (Å²) in [5.74, 6) is 2.79. The number of nitrogens with zero attached hydrogens (tertiary/aromatic N) is 3. The average Bonchev–Trinajstić information content (AvgIpc) is 2.86. The van der Waals surface area contributed by atoms with Crippen LogP contribution in [0.25, 0.3) is 0 Å². The maximum Gasteiger partial charge on any atom is 0.232 e. The SMILES string of the molecule is CN=C(NCCCC(C)C)NCc1noc(C(C)(C)C)n1.I. The van der Waals surface area contributed by atoms with Gasteiger partial charge in [0.15, 0.2) is 11.8 Å². The highest BCUT2D eigenvalue weighted by molar-refractivity contribution is 14.0. The van der Waals surface area contributed by atoms with Gasteiger partial charge in [0.1, 0.15) is 0 Å². The van der Waals surface area contributed by atoms with E-state index < -0.39 is 0 Å². The summed E-state index contributed by atoms with van der Waals surface area (Å²) in [6.07, 6.45) is 2.35. The number of aromatic nitrogens is 2. The number of halogens is 1. The lowest BCUT2D eigenvalue weighted by Gasteiger charge is -2.11. The van der Waals surface area contributed by atoms with Gasteiger partial charge in [0.2, 0.25) is 5.89 Å². The molecule has 0 unspecified atom stereocenters. The molecular formula is C15H30IN5O. The van der Waals surface area contributed by atoms with Gasteiger partial charge in [0.05, 0.1) is 6.54 Å². The molecule has 0 saturated carbocycles. The standard InChI is InChI=1S/C15H29N5O.HI/c1-11(2)8-7-9-17-14(16-6)18-10-12-19-13(21-20-12)15(3,4)5;/h11H,7-10H2,1-6H3,(H2,16,17,18);1H. The first kappa shape index (κ1) is 21.1. The van der Waals surface area contributed by atoms with Crippen molar-refractivity contribution in [2.75, 3.05) is 13.6 Å². The lowest BCUT2D eigenvalue weighted by Crippen LogP contribution is -2.37. The van der Waals surface area contributed by atoms with E-state index in [9.17, 15) is 0 Å². The van der Waals surface area contributed by atoms with Crippen molar-refractivity contribution >= 4 is 29.9 Å². The minimum Gasteiger partial charge on any atom is -0.356 e. The quantitative estimate of drug-likeness (QED) is 0.318. The summed E-state index contributed by atoms with van der Waals surface area (Å²) >= 11 is 0. The topological polar surface area (TPSA) is 75.3 Å². The van der Waals surface area contributed by atoms with Crippen molar-refractivity contribution in [1.82, 2.24) is 20.8 Å². The number of nitrogens with one attached hydrogen (secondary N) is 2. The Kier molecular flexibility index (Phi) is 9.63. The van der Waals surface area contributed by atoms with Crippen LogP contribution in [0, 0.1) is 5.92 Å². The van der Waals surface area contributed by atoms with Crippen molar-refractivity contribution < 1.29 is 4.52 Å². The third-order valence-electron chi connectivity index (χ3n) is 3.00. The van der Waals surface area contributed by atoms with Crippen LogP contribution in [0.3, 0.4) is 0 Å². The zero-order valence-corrected chi connectivity index (χ0v) is 16.9. The molecule has 2 N–H and O–H groups in total. The second kappa shape index (κ2) is 10.0. The molecule has 1 heterocycles. The van der Waals surface area contributed by atoms with Gasteiger partial charge in [-0.1, -0.05) is 39.8 Å². The Morgan fingerprint density at radius 3 is 2.45 bits per heavy atom. The highest BCUT2D eigenvalue weighted by Crippen LogP contribution is 2.19. The molecule has 0 radical (unpaired) electrons. The Morgan fingerprint density at radius 2 is 1.95 bits per heavy atom. The summed E-state index contributed by atoms with van der Waals surface area (Å²) in [7, 11) is 1.76. The van der Waals surface area contributed by atoms with Gasteiger partial charge in [0, 0.05) is 19.0 Å². The van der Waals surface area contributed by atoms with Crippen molar-refractivity contribution in [3.63, 3.8) is 0 Å². The van der Waals surface area contributed by atoms with Crippen LogP contribution in [0.1, 0.15) is 59.2 Å². The molecule has 0 aromatic carbocycles. The van der Waals surface area contributed by atoms with Crippen molar-refractivity contribution in [3.05, 3.63) is 11.7 Å². The zero-order valence-electron chi connectivity index (χ0n) is 14.6. The highest BCUT2D eigenvalue weighted by atomic mass is 127. The maximum absolute atomic E-state index is 5.26. The molecule has 0 aliphatic rings. The molecule has 1 aromatic rings. The summed E-state index contributed by atoms with van der Waals surface area (Å²) < 4.78 is 5.26. The number of rotatable bonds is 6. The summed E-state index contributed by atoms with van der Waals surface area (Å²) in [6.45, 7) is 12.0. The zero-order chi connectivity index (χ0) is 15.9. The van der Waals surface area contributed by atoms with Gasteiger partial charge in [-0.05, 0) is 18.8 Å². The molecule has 0 amide bonds. The fraction of sp³-hybridized carbons (Fsp3) is 0.800. The van der Waals surface area contributed by atoms with Gasteiger partial charge in [-0.25, -0.2) is 0 Å². The minimum absolute atomic E-state index is 0. The first-order valence-electron chi connectivity index (χ1n) is 7.60. The molecule has 1 rings (SSSR count). The van der Waals surface area contributed by atoms with Crippen LogP contribution >= 0.6 is 24.0 Å². The van der Waals surface area contributed by atoms with Crippen LogP contribution in [-0.4, -0.2) is 29.7 Å². The molecule has 7 heteroatoms. The molecule has 0 fully saturated rings. The lowest BCUT2D eigenvalue weighted by molar-refractivity contribution is 0.318. The normalized spacial score (nSPS) is 12.2. The Hall–Kier alpha value is -0.860. The van der Waals surface area contributed by atoms with E-state index in [2.05, 4.69) is 39.6 Å². The Morgan fingerprint density at radius 1 is 1.27 bits per heavy atom. The van der Waals surface area contributed by atoms with Crippen LogP contribution in [0.4, 0.5) is 0 Å². The molecule has 6 nitrogen and oxygen atoms in total. The van der Waals surface area contributed by atoms with Gasteiger partial charge in [0.25, 0.3) is 0 Å². The first-order valence-corrected chi connectivity index (χ1v) is 7.60. The Labute approximate surface area is 150 Å². The fourth-order valence-corrected chi connectivity index (χ4v) is 1.73. The number of hydrogen-bond acceptors (Lipinski definition) is 4. The van der Waals surface area contributed by atoms with Gasteiger partial charge < -0.3 is 15.2 Å². The van der Waals surface area contributed by atoms with Crippen LogP contribution in [0.15, 0.2) is 9.52 Å². The van der Waals surface area contributed by atoms with Crippen molar-refractivity contribution in [2.45, 2.75) is 59.4 Å². The van der Waals surface area contributed by atoms with Gasteiger partial charge in [-0.15, -0.1) is 24.0 Å². The highest BCUT2D eigenvalue weighted by Gasteiger charge is 2.21. The van der Waals surface area contributed by atoms with Gasteiger partial charge in [-0.3, -0.25) is 4.99 Å². The molecule has 0 bridgehead atoms. The summed E-state index contributed by atoms with van der Waals surface area (Å²) in [5.41, 5.74) is -0.123. The second-order valence-electron chi connectivity index (χ2n) is 6.65. The third kappa shape index (κ3) is 7.95. The molecule has 1 aromatic heterocycles. The smallest absolute Gasteiger partial charge is 0.232 e. The van der Waals surface area contributed by atoms with E-state index in [0.29, 0.717) is 18.3 Å². The summed E-state index contributed by atoms with van der Waals surface area (Å²) in [5, 5.41) is 10.5. The predicted molar refractivity (Wildman–Crippen MR) is 101 cm³/mol. The minimum atomic E-state index is -0.123. The molecular weight excluding hydrogens is 393 g/mol. The maximum atomic E-state index is 5.26. The number of aliphatic imine (C=N–C) groups is 1. The number of hydrogen-bond donors (Lipinski definition) is 2. The largest absolute Gasteiger partial charge is 0.356 e. The second-order valence-corrected chi connectivity index (χ2v) is 6.65. The molecule has 0 spiro atoms. The van der Waals surface area contributed by atoms with Gasteiger partial charge >= 0.3 is 0 Å². The monoisotopic (exact) mass is 423 g/mol. The number of guanidine groups is 1. The molecule has 0 atom stereocenters. The summed E-state index contributed by atoms with van der Waals surface area (Å²) in [6, 6.07) is 0. The molecule has 0 aliphatic heterocycles. The molecule has 128 valence electrons.